The van der Waals surface area contributed by atoms with Crippen molar-refractivity contribution in [3.05, 3.63) is 17.3 Å². The zero-order valence-corrected chi connectivity index (χ0v) is 10.7. The van der Waals surface area contributed by atoms with Crippen molar-refractivity contribution in [2.45, 2.75) is 38.1 Å². The fourth-order valence-corrected chi connectivity index (χ4v) is 3.55. The van der Waals surface area contributed by atoms with E-state index in [2.05, 4.69) is 9.88 Å². The van der Waals surface area contributed by atoms with Crippen molar-refractivity contribution in [2.75, 3.05) is 17.2 Å². The largest absolute Gasteiger partial charge is 0.399 e. The molecule has 3 rings (SSSR count). The van der Waals surface area contributed by atoms with Crippen LogP contribution in [0.15, 0.2) is 12.1 Å². The first-order valence-electron chi connectivity index (χ1n) is 6.44. The molecule has 4 heteroatoms. The Hall–Kier alpha value is -0.960. The number of rotatable bonds is 1. The molecule has 2 aliphatic rings. The van der Waals surface area contributed by atoms with Crippen molar-refractivity contribution in [3.63, 3.8) is 0 Å². The first kappa shape index (κ1) is 11.1. The summed E-state index contributed by atoms with van der Waals surface area (Å²) in [5, 5.41) is 0.499. The van der Waals surface area contributed by atoms with Crippen LogP contribution >= 0.6 is 11.6 Å². The Labute approximate surface area is 107 Å². The zero-order chi connectivity index (χ0) is 11.8. The SMILES string of the molecule is Nc1cc(Cl)nc(N2CCC3CCCCC32)c1. The van der Waals surface area contributed by atoms with Crippen LogP contribution in [0.1, 0.15) is 32.1 Å². The van der Waals surface area contributed by atoms with Crippen molar-refractivity contribution in [1.29, 1.82) is 0 Å². The smallest absolute Gasteiger partial charge is 0.133 e. The lowest BCUT2D eigenvalue weighted by molar-refractivity contribution is 0.341. The zero-order valence-electron chi connectivity index (χ0n) is 9.90. The van der Waals surface area contributed by atoms with E-state index in [1.165, 1.54) is 32.1 Å². The number of fused-ring (bicyclic) bond motifs is 1. The predicted octanol–water partition coefficient (Wildman–Crippen LogP) is 3.09. The molecule has 0 spiro atoms. The van der Waals surface area contributed by atoms with E-state index in [0.717, 1.165) is 18.3 Å². The lowest BCUT2D eigenvalue weighted by Gasteiger charge is -2.32. The van der Waals surface area contributed by atoms with Crippen LogP contribution in [0.4, 0.5) is 11.5 Å². The molecule has 2 unspecified atom stereocenters. The van der Waals surface area contributed by atoms with Crippen molar-refractivity contribution in [1.82, 2.24) is 4.98 Å². The number of anilines is 2. The van der Waals surface area contributed by atoms with Crippen molar-refractivity contribution in [2.24, 2.45) is 5.92 Å². The Morgan fingerprint density at radius 3 is 2.88 bits per heavy atom. The fraction of sp³-hybridized carbons (Fsp3) is 0.615. The van der Waals surface area contributed by atoms with Gasteiger partial charge in [-0.05, 0) is 31.2 Å². The molecule has 17 heavy (non-hydrogen) atoms. The minimum Gasteiger partial charge on any atom is -0.399 e. The number of hydrogen-bond donors (Lipinski definition) is 1. The molecule has 1 aromatic rings. The number of aromatic nitrogens is 1. The van der Waals surface area contributed by atoms with Crippen LogP contribution in [0.2, 0.25) is 5.15 Å². The number of hydrogen-bond acceptors (Lipinski definition) is 3. The third-order valence-corrected chi connectivity index (χ3v) is 4.30. The molecule has 1 aliphatic carbocycles. The van der Waals surface area contributed by atoms with Crippen LogP contribution in [-0.2, 0) is 0 Å². The van der Waals surface area contributed by atoms with Gasteiger partial charge in [0.1, 0.15) is 11.0 Å². The van der Waals surface area contributed by atoms with E-state index >= 15 is 0 Å². The van der Waals surface area contributed by atoms with E-state index in [1.807, 2.05) is 6.07 Å². The maximum absolute atomic E-state index is 5.99. The molecule has 0 bridgehead atoms. The van der Waals surface area contributed by atoms with Crippen molar-refractivity contribution >= 4 is 23.1 Å². The monoisotopic (exact) mass is 251 g/mol. The van der Waals surface area contributed by atoms with Gasteiger partial charge in [0.05, 0.1) is 0 Å². The molecule has 2 atom stereocenters. The molecule has 1 aromatic heterocycles. The summed E-state index contributed by atoms with van der Waals surface area (Å²) < 4.78 is 0. The molecule has 0 radical (unpaired) electrons. The minimum atomic E-state index is 0.499. The van der Waals surface area contributed by atoms with Crippen LogP contribution in [0.5, 0.6) is 0 Å². The van der Waals surface area contributed by atoms with Gasteiger partial charge in [0.25, 0.3) is 0 Å². The van der Waals surface area contributed by atoms with Crippen LogP contribution in [0.25, 0.3) is 0 Å². The average Bonchev–Trinajstić information content (AvgIpc) is 2.71. The van der Waals surface area contributed by atoms with E-state index in [1.54, 1.807) is 6.07 Å². The van der Waals surface area contributed by atoms with Gasteiger partial charge in [-0.25, -0.2) is 4.98 Å². The van der Waals surface area contributed by atoms with Crippen LogP contribution < -0.4 is 10.6 Å². The summed E-state index contributed by atoms with van der Waals surface area (Å²) in [6, 6.07) is 4.32. The van der Waals surface area contributed by atoms with E-state index < -0.39 is 0 Å². The fourth-order valence-electron chi connectivity index (χ4n) is 3.34. The first-order chi connectivity index (χ1) is 8.24. The second kappa shape index (κ2) is 4.37. The number of nitrogens with zero attached hydrogens (tertiary/aromatic N) is 2. The molecule has 1 saturated heterocycles. The summed E-state index contributed by atoms with van der Waals surface area (Å²) in [6.45, 7) is 1.10. The van der Waals surface area contributed by atoms with E-state index in [9.17, 15) is 0 Å². The van der Waals surface area contributed by atoms with Crippen molar-refractivity contribution in [3.8, 4) is 0 Å². The average molecular weight is 252 g/mol. The molecule has 3 nitrogen and oxygen atoms in total. The summed E-state index contributed by atoms with van der Waals surface area (Å²) in [4.78, 5) is 6.83. The molecular formula is C13H18ClN3. The van der Waals surface area contributed by atoms with Gasteiger partial charge >= 0.3 is 0 Å². The Kier molecular flexibility index (Phi) is 2.87. The number of halogens is 1. The summed E-state index contributed by atoms with van der Waals surface area (Å²) in [5.74, 6) is 1.81. The maximum atomic E-state index is 5.99. The molecule has 0 amide bonds. The maximum Gasteiger partial charge on any atom is 0.133 e. The Bertz CT molecular complexity index is 401. The highest BCUT2D eigenvalue weighted by molar-refractivity contribution is 6.29. The molecule has 1 saturated carbocycles. The van der Waals surface area contributed by atoms with Crippen LogP contribution in [-0.4, -0.2) is 17.6 Å². The quantitative estimate of drug-likeness (QED) is 0.780. The highest BCUT2D eigenvalue weighted by Gasteiger charge is 2.36. The van der Waals surface area contributed by atoms with Gasteiger partial charge in [-0.1, -0.05) is 24.4 Å². The highest BCUT2D eigenvalue weighted by Crippen LogP contribution is 2.38. The third-order valence-electron chi connectivity index (χ3n) is 4.11. The topological polar surface area (TPSA) is 42.1 Å². The van der Waals surface area contributed by atoms with E-state index in [0.29, 0.717) is 16.9 Å². The lowest BCUT2D eigenvalue weighted by Crippen LogP contribution is -2.35. The van der Waals surface area contributed by atoms with Gasteiger partial charge in [-0.2, -0.15) is 0 Å². The number of pyridine rings is 1. The minimum absolute atomic E-state index is 0.499. The van der Waals surface area contributed by atoms with Gasteiger partial charge in [0.15, 0.2) is 0 Å². The molecule has 1 aliphatic heterocycles. The summed E-state index contributed by atoms with van der Waals surface area (Å²) >= 11 is 5.99. The lowest BCUT2D eigenvalue weighted by atomic mass is 9.85. The molecule has 2 fully saturated rings. The summed E-state index contributed by atoms with van der Waals surface area (Å²) in [7, 11) is 0. The van der Waals surface area contributed by atoms with Gasteiger partial charge in [-0.3, -0.25) is 0 Å². The third kappa shape index (κ3) is 2.08. The number of nitrogens with two attached hydrogens (primary N) is 1. The Balaban J connectivity index is 1.88. The van der Waals surface area contributed by atoms with Gasteiger partial charge in [0.2, 0.25) is 0 Å². The highest BCUT2D eigenvalue weighted by atomic mass is 35.5. The Morgan fingerprint density at radius 1 is 1.24 bits per heavy atom. The van der Waals surface area contributed by atoms with Gasteiger partial charge in [-0.15, -0.1) is 0 Å². The van der Waals surface area contributed by atoms with Crippen molar-refractivity contribution < 1.29 is 0 Å². The van der Waals surface area contributed by atoms with E-state index in [-0.39, 0.29) is 0 Å². The molecule has 92 valence electrons. The summed E-state index contributed by atoms with van der Waals surface area (Å²) in [5.41, 5.74) is 6.55. The summed E-state index contributed by atoms with van der Waals surface area (Å²) in [6.07, 6.45) is 6.68. The van der Waals surface area contributed by atoms with E-state index in [4.69, 9.17) is 17.3 Å². The Morgan fingerprint density at radius 2 is 2.06 bits per heavy atom. The molecule has 0 aromatic carbocycles. The molecule has 2 heterocycles. The predicted molar refractivity (Wildman–Crippen MR) is 71.4 cm³/mol. The number of nitrogen functional groups attached to an aromatic ring is 1. The first-order valence-corrected chi connectivity index (χ1v) is 6.81. The molecular weight excluding hydrogens is 234 g/mol. The second-order valence-electron chi connectivity index (χ2n) is 5.18. The van der Waals surface area contributed by atoms with Crippen LogP contribution in [0.3, 0.4) is 0 Å². The molecule has 2 N–H and O–H groups in total. The van der Waals surface area contributed by atoms with Gasteiger partial charge in [0, 0.05) is 24.3 Å². The second-order valence-corrected chi connectivity index (χ2v) is 5.56. The van der Waals surface area contributed by atoms with Crippen LogP contribution in [0, 0.1) is 5.92 Å². The van der Waals surface area contributed by atoms with Gasteiger partial charge < -0.3 is 10.6 Å². The standard InChI is InChI=1S/C13H18ClN3/c14-12-7-10(15)8-13(16-12)17-6-5-9-3-1-2-4-11(9)17/h7-9,11H,1-6H2,(H2,15,16). The normalized spacial score (nSPS) is 28.2.